The van der Waals surface area contributed by atoms with Gasteiger partial charge in [0.05, 0.1) is 0 Å². The summed E-state index contributed by atoms with van der Waals surface area (Å²) in [6, 6.07) is 2.66. The number of ketones is 1. The third kappa shape index (κ3) is 6.08. The van der Waals surface area contributed by atoms with Crippen molar-refractivity contribution in [2.75, 3.05) is 0 Å². The quantitative estimate of drug-likeness (QED) is 0.411. The summed E-state index contributed by atoms with van der Waals surface area (Å²) in [5.74, 6) is -0.515. The van der Waals surface area contributed by atoms with E-state index in [-0.39, 0.29) is 12.0 Å². The van der Waals surface area contributed by atoms with Gasteiger partial charge in [0, 0.05) is 21.8 Å². The fourth-order valence-corrected chi connectivity index (χ4v) is 2.67. The highest BCUT2D eigenvalue weighted by Gasteiger charge is 2.32. The molecule has 0 aliphatic rings. The third-order valence-corrected chi connectivity index (χ3v) is 3.40. The Morgan fingerprint density at radius 2 is 1.35 bits per heavy atom. The summed E-state index contributed by atoms with van der Waals surface area (Å²) in [4.78, 5) is 10.6. The Balaban J connectivity index is 3.17. The maximum absolute atomic E-state index is 12.3. The monoisotopic (exact) mass is 334 g/mol. The van der Waals surface area contributed by atoms with Crippen molar-refractivity contribution in [1.29, 1.82) is 0 Å². The molecule has 1 aromatic rings. The Morgan fingerprint density at radius 3 is 1.65 bits per heavy atom. The van der Waals surface area contributed by atoms with E-state index in [2.05, 4.69) is 0 Å². The van der Waals surface area contributed by atoms with Crippen LogP contribution >= 0.6 is 23.5 Å². The van der Waals surface area contributed by atoms with E-state index < -0.39 is 50.1 Å². The van der Waals surface area contributed by atoms with Crippen LogP contribution in [0.25, 0.3) is 0 Å². The highest BCUT2D eigenvalue weighted by Crippen LogP contribution is 2.42. The van der Waals surface area contributed by atoms with Gasteiger partial charge in [-0.25, -0.2) is 0 Å². The van der Waals surface area contributed by atoms with Crippen LogP contribution in [0.4, 0.5) is 26.3 Å². The zero-order valence-electron chi connectivity index (χ0n) is 9.93. The average Bonchev–Trinajstić information content (AvgIpc) is 2.22. The van der Waals surface area contributed by atoms with E-state index in [0.717, 1.165) is 18.2 Å². The molecule has 0 amide bonds. The van der Waals surface area contributed by atoms with Gasteiger partial charge in [-0.1, -0.05) is 6.92 Å². The Hall–Kier alpha value is -0.830. The number of rotatable bonds is 4. The zero-order valence-corrected chi connectivity index (χ0v) is 11.6. The van der Waals surface area contributed by atoms with Crippen molar-refractivity contribution in [2.24, 2.45) is 0 Å². The Labute approximate surface area is 119 Å². The van der Waals surface area contributed by atoms with Gasteiger partial charge >= 0.3 is 11.0 Å². The molecule has 0 saturated carbocycles. The molecule has 1 nitrogen and oxygen atoms in total. The second-order valence-corrected chi connectivity index (χ2v) is 5.84. The standard InChI is InChI=1S/C11H8F6OS2/c1-2-9(18)6-3-7(19-10(12,13)14)5-8(4-6)20-11(15,16)17/h3-5H,2H2,1H3. The molecule has 0 aliphatic carbocycles. The molecule has 0 spiro atoms. The number of thioether (sulfide) groups is 2. The molecule has 0 saturated heterocycles. The van der Waals surface area contributed by atoms with Crippen LogP contribution in [0.15, 0.2) is 28.0 Å². The van der Waals surface area contributed by atoms with E-state index in [1.165, 1.54) is 6.92 Å². The number of carbonyl (C=O) groups excluding carboxylic acids is 1. The van der Waals surface area contributed by atoms with Crippen LogP contribution in [0.2, 0.25) is 0 Å². The highest BCUT2D eigenvalue weighted by molar-refractivity contribution is 8.01. The number of carbonyl (C=O) groups is 1. The molecular weight excluding hydrogens is 326 g/mol. The third-order valence-electron chi connectivity index (χ3n) is 1.99. The summed E-state index contributed by atoms with van der Waals surface area (Å²) < 4.78 is 73.6. The molecule has 20 heavy (non-hydrogen) atoms. The van der Waals surface area contributed by atoms with Gasteiger partial charge in [-0.05, 0) is 41.7 Å². The van der Waals surface area contributed by atoms with Crippen molar-refractivity contribution < 1.29 is 31.1 Å². The molecule has 0 fully saturated rings. The van der Waals surface area contributed by atoms with Gasteiger partial charge in [0.1, 0.15) is 0 Å². The molecule has 0 aromatic heterocycles. The van der Waals surface area contributed by atoms with Crippen LogP contribution in [0.1, 0.15) is 23.7 Å². The Bertz CT molecular complexity index is 460. The van der Waals surface area contributed by atoms with Crippen molar-refractivity contribution in [1.82, 2.24) is 0 Å². The van der Waals surface area contributed by atoms with Crippen molar-refractivity contribution >= 4 is 29.3 Å². The van der Waals surface area contributed by atoms with E-state index in [1.54, 1.807) is 0 Å². The molecule has 0 aliphatic heterocycles. The van der Waals surface area contributed by atoms with E-state index in [9.17, 15) is 31.1 Å². The molecule has 0 bridgehead atoms. The zero-order chi connectivity index (χ0) is 15.6. The number of Topliss-reactive ketones (excluding diaryl/α,β-unsaturated/α-hetero) is 1. The van der Waals surface area contributed by atoms with E-state index in [0.29, 0.717) is 0 Å². The molecule has 0 radical (unpaired) electrons. The lowest BCUT2D eigenvalue weighted by Crippen LogP contribution is -2.04. The van der Waals surface area contributed by atoms with Gasteiger partial charge in [0.25, 0.3) is 0 Å². The van der Waals surface area contributed by atoms with E-state index in [4.69, 9.17) is 0 Å². The molecule has 1 aromatic carbocycles. The normalized spacial score (nSPS) is 12.6. The number of halogens is 6. The second-order valence-electron chi connectivity index (χ2n) is 3.57. The van der Waals surface area contributed by atoms with Crippen LogP contribution in [0.5, 0.6) is 0 Å². The van der Waals surface area contributed by atoms with Crippen molar-refractivity contribution in [2.45, 2.75) is 34.2 Å². The van der Waals surface area contributed by atoms with Crippen LogP contribution in [-0.4, -0.2) is 16.8 Å². The Morgan fingerprint density at radius 1 is 0.950 bits per heavy atom. The van der Waals surface area contributed by atoms with Crippen LogP contribution < -0.4 is 0 Å². The predicted octanol–water partition coefficient (Wildman–Crippen LogP) is 5.50. The summed E-state index contributed by atoms with van der Waals surface area (Å²) >= 11 is -1.10. The van der Waals surface area contributed by atoms with Crippen LogP contribution in [0, 0.1) is 0 Å². The maximum atomic E-state index is 12.3. The summed E-state index contributed by atoms with van der Waals surface area (Å²) in [5, 5.41) is 0. The van der Waals surface area contributed by atoms with Crippen molar-refractivity contribution in [3.8, 4) is 0 Å². The van der Waals surface area contributed by atoms with Crippen molar-refractivity contribution in [3.05, 3.63) is 23.8 Å². The number of alkyl halides is 6. The summed E-state index contributed by atoms with van der Waals surface area (Å²) in [7, 11) is 0. The number of benzene rings is 1. The van der Waals surface area contributed by atoms with Gasteiger partial charge < -0.3 is 0 Å². The minimum atomic E-state index is -4.63. The summed E-state index contributed by atoms with van der Waals surface area (Å²) in [6.07, 6.45) is -0.00371. The second kappa shape index (κ2) is 6.30. The lowest BCUT2D eigenvalue weighted by Gasteiger charge is -2.11. The topological polar surface area (TPSA) is 17.1 Å². The molecule has 1 rings (SSSR count). The molecule has 9 heteroatoms. The van der Waals surface area contributed by atoms with Gasteiger partial charge in [0.2, 0.25) is 0 Å². The smallest absolute Gasteiger partial charge is 0.294 e. The fraction of sp³-hybridized carbons (Fsp3) is 0.364. The lowest BCUT2D eigenvalue weighted by atomic mass is 10.1. The molecule has 0 N–H and O–H groups in total. The molecule has 0 unspecified atom stereocenters. The van der Waals surface area contributed by atoms with E-state index >= 15 is 0 Å². The average molecular weight is 334 g/mol. The first kappa shape index (κ1) is 17.2. The first-order chi connectivity index (χ1) is 9.00. The van der Waals surface area contributed by atoms with Gasteiger partial charge in [-0.3, -0.25) is 4.79 Å². The number of hydrogen-bond donors (Lipinski definition) is 0. The maximum Gasteiger partial charge on any atom is 0.446 e. The van der Waals surface area contributed by atoms with E-state index in [1.807, 2.05) is 0 Å². The molecular formula is C11H8F6OS2. The van der Waals surface area contributed by atoms with Gasteiger partial charge in [-0.2, -0.15) is 26.3 Å². The first-order valence-corrected chi connectivity index (χ1v) is 6.83. The van der Waals surface area contributed by atoms with Crippen LogP contribution in [-0.2, 0) is 0 Å². The SMILES string of the molecule is CCC(=O)c1cc(SC(F)(F)F)cc(SC(F)(F)F)c1. The van der Waals surface area contributed by atoms with Gasteiger partial charge in [-0.15, -0.1) is 0 Å². The molecule has 0 heterocycles. The highest BCUT2D eigenvalue weighted by atomic mass is 32.2. The largest absolute Gasteiger partial charge is 0.446 e. The molecule has 0 atom stereocenters. The summed E-state index contributed by atoms with van der Waals surface area (Å²) in [5.41, 5.74) is -9.42. The first-order valence-electron chi connectivity index (χ1n) is 5.20. The summed E-state index contributed by atoms with van der Waals surface area (Å²) in [6.45, 7) is 1.47. The fourth-order valence-electron chi connectivity index (χ4n) is 1.32. The minimum absolute atomic E-state index is 0.00371. The number of hydrogen-bond acceptors (Lipinski definition) is 3. The Kier molecular flexibility index (Phi) is 5.42. The van der Waals surface area contributed by atoms with Crippen LogP contribution in [0.3, 0.4) is 0 Å². The van der Waals surface area contributed by atoms with Gasteiger partial charge in [0.15, 0.2) is 5.78 Å². The van der Waals surface area contributed by atoms with Crippen molar-refractivity contribution in [3.63, 3.8) is 0 Å². The molecule has 112 valence electrons. The predicted molar refractivity (Wildman–Crippen MR) is 64.9 cm³/mol. The lowest BCUT2D eigenvalue weighted by molar-refractivity contribution is -0.0334. The minimum Gasteiger partial charge on any atom is -0.294 e.